The topological polar surface area (TPSA) is 48.1 Å². The second-order valence-corrected chi connectivity index (χ2v) is 5.44. The fourth-order valence-electron chi connectivity index (χ4n) is 1.61. The second-order valence-electron chi connectivity index (χ2n) is 4.50. The van der Waals surface area contributed by atoms with Crippen LogP contribution in [0, 0.1) is 5.92 Å². The molecule has 1 rings (SSSR count). The largest absolute Gasteiger partial charge is 0.385 e. The van der Waals surface area contributed by atoms with Crippen molar-refractivity contribution in [1.82, 2.24) is 4.98 Å². The fourth-order valence-corrected chi connectivity index (χ4v) is 2.51. The van der Waals surface area contributed by atoms with Crippen molar-refractivity contribution in [2.75, 3.05) is 13.7 Å². The molecule has 0 aliphatic heterocycles. The molecule has 16 heavy (non-hydrogen) atoms. The van der Waals surface area contributed by atoms with Crippen molar-refractivity contribution in [3.8, 4) is 0 Å². The van der Waals surface area contributed by atoms with Gasteiger partial charge in [0.1, 0.15) is 0 Å². The summed E-state index contributed by atoms with van der Waals surface area (Å²) in [7, 11) is 1.73. The van der Waals surface area contributed by atoms with Gasteiger partial charge in [-0.25, -0.2) is 4.98 Å². The van der Waals surface area contributed by atoms with Crippen LogP contribution in [0.5, 0.6) is 0 Å². The summed E-state index contributed by atoms with van der Waals surface area (Å²) in [6.07, 6.45) is 3.02. The molecule has 0 aliphatic carbocycles. The lowest BCUT2D eigenvalue weighted by atomic mass is 10.0. The summed E-state index contributed by atoms with van der Waals surface area (Å²) in [6.45, 7) is 5.17. The van der Waals surface area contributed by atoms with Crippen LogP contribution < -0.4 is 5.73 Å². The Labute approximate surface area is 102 Å². The Morgan fingerprint density at radius 3 is 2.88 bits per heavy atom. The molecule has 0 amide bonds. The van der Waals surface area contributed by atoms with Gasteiger partial charge in [0.15, 0.2) is 0 Å². The van der Waals surface area contributed by atoms with E-state index in [4.69, 9.17) is 10.5 Å². The van der Waals surface area contributed by atoms with Crippen LogP contribution in [0.25, 0.3) is 0 Å². The Hall–Kier alpha value is -0.450. The maximum atomic E-state index is 6.08. The van der Waals surface area contributed by atoms with Gasteiger partial charge in [-0.3, -0.25) is 0 Å². The molecule has 0 fully saturated rings. The molecule has 0 radical (unpaired) electrons. The van der Waals surface area contributed by atoms with Crippen LogP contribution >= 0.6 is 11.3 Å². The van der Waals surface area contributed by atoms with Crippen molar-refractivity contribution in [2.45, 2.75) is 39.2 Å². The molecule has 0 aromatic carbocycles. The molecule has 0 spiro atoms. The summed E-state index contributed by atoms with van der Waals surface area (Å²) in [5, 5.41) is 3.26. The van der Waals surface area contributed by atoms with E-state index in [1.54, 1.807) is 18.4 Å². The van der Waals surface area contributed by atoms with Crippen LogP contribution in [0.15, 0.2) is 5.38 Å². The Morgan fingerprint density at radius 1 is 1.50 bits per heavy atom. The summed E-state index contributed by atoms with van der Waals surface area (Å²) in [5.74, 6) is 0.619. The standard InChI is InChI=1S/C12H22N2OS/c1-9(2)7-10(13)11-8-16-12(14-11)5-4-6-15-3/h8-10H,4-7,13H2,1-3H3. The van der Waals surface area contributed by atoms with Crippen LogP contribution in [-0.2, 0) is 11.2 Å². The van der Waals surface area contributed by atoms with Crippen molar-refractivity contribution < 1.29 is 4.74 Å². The van der Waals surface area contributed by atoms with E-state index in [9.17, 15) is 0 Å². The maximum Gasteiger partial charge on any atom is 0.0929 e. The molecular weight excluding hydrogens is 220 g/mol. The van der Waals surface area contributed by atoms with Gasteiger partial charge < -0.3 is 10.5 Å². The number of hydrogen-bond acceptors (Lipinski definition) is 4. The van der Waals surface area contributed by atoms with Crippen LogP contribution in [0.3, 0.4) is 0 Å². The van der Waals surface area contributed by atoms with Crippen LogP contribution in [-0.4, -0.2) is 18.7 Å². The van der Waals surface area contributed by atoms with Crippen LogP contribution in [0.4, 0.5) is 0 Å². The highest BCUT2D eigenvalue weighted by molar-refractivity contribution is 7.09. The van der Waals surface area contributed by atoms with E-state index >= 15 is 0 Å². The van der Waals surface area contributed by atoms with E-state index in [0.717, 1.165) is 31.6 Å². The molecule has 1 aromatic heterocycles. The normalized spacial score (nSPS) is 13.3. The van der Waals surface area contributed by atoms with E-state index in [0.29, 0.717) is 5.92 Å². The average molecular weight is 242 g/mol. The quantitative estimate of drug-likeness (QED) is 0.748. The lowest BCUT2D eigenvalue weighted by Crippen LogP contribution is -2.13. The van der Waals surface area contributed by atoms with Crippen LogP contribution in [0.2, 0.25) is 0 Å². The number of ether oxygens (including phenoxy) is 1. The maximum absolute atomic E-state index is 6.08. The number of nitrogens with two attached hydrogens (primary N) is 1. The highest BCUT2D eigenvalue weighted by atomic mass is 32.1. The van der Waals surface area contributed by atoms with Gasteiger partial charge in [-0.15, -0.1) is 11.3 Å². The fraction of sp³-hybridized carbons (Fsp3) is 0.750. The molecule has 3 nitrogen and oxygen atoms in total. The van der Waals surface area contributed by atoms with Crippen molar-refractivity contribution in [3.05, 3.63) is 16.1 Å². The molecule has 2 N–H and O–H groups in total. The van der Waals surface area contributed by atoms with E-state index in [2.05, 4.69) is 24.2 Å². The Kier molecular flexibility index (Phi) is 5.95. The third kappa shape index (κ3) is 4.60. The first kappa shape index (κ1) is 13.6. The molecule has 1 unspecified atom stereocenters. The van der Waals surface area contributed by atoms with E-state index in [1.165, 1.54) is 5.01 Å². The third-order valence-corrected chi connectivity index (χ3v) is 3.34. The van der Waals surface area contributed by atoms with Gasteiger partial charge in [0.2, 0.25) is 0 Å². The van der Waals surface area contributed by atoms with Gasteiger partial charge in [0.05, 0.1) is 10.7 Å². The van der Waals surface area contributed by atoms with Gasteiger partial charge in [-0.05, 0) is 18.8 Å². The number of rotatable bonds is 7. The van der Waals surface area contributed by atoms with Gasteiger partial charge in [-0.2, -0.15) is 0 Å². The minimum absolute atomic E-state index is 0.0902. The Morgan fingerprint density at radius 2 is 2.25 bits per heavy atom. The molecule has 1 aromatic rings. The molecular formula is C12H22N2OS. The number of methoxy groups -OCH3 is 1. The minimum atomic E-state index is 0.0902. The number of aromatic nitrogens is 1. The molecule has 0 aliphatic rings. The number of hydrogen-bond donors (Lipinski definition) is 1. The molecule has 1 atom stereocenters. The SMILES string of the molecule is COCCCc1nc(C(N)CC(C)C)cs1. The first-order valence-electron chi connectivity index (χ1n) is 5.82. The smallest absolute Gasteiger partial charge is 0.0929 e. The Bertz CT molecular complexity index is 299. The number of aryl methyl sites for hydroxylation is 1. The molecule has 0 bridgehead atoms. The van der Waals surface area contributed by atoms with E-state index in [-0.39, 0.29) is 6.04 Å². The Balaban J connectivity index is 2.44. The predicted molar refractivity (Wildman–Crippen MR) is 68.7 cm³/mol. The van der Waals surface area contributed by atoms with Crippen molar-refractivity contribution in [2.24, 2.45) is 11.7 Å². The highest BCUT2D eigenvalue weighted by Crippen LogP contribution is 2.21. The first-order valence-corrected chi connectivity index (χ1v) is 6.70. The second kappa shape index (κ2) is 6.99. The van der Waals surface area contributed by atoms with Crippen molar-refractivity contribution >= 4 is 11.3 Å². The molecule has 0 saturated heterocycles. The number of thiazole rings is 1. The lowest BCUT2D eigenvalue weighted by molar-refractivity contribution is 0.195. The van der Waals surface area contributed by atoms with Gasteiger partial charge in [0, 0.05) is 31.6 Å². The van der Waals surface area contributed by atoms with Gasteiger partial charge in [0.25, 0.3) is 0 Å². The predicted octanol–water partition coefficient (Wildman–Crippen LogP) is 2.77. The third-order valence-electron chi connectivity index (χ3n) is 2.41. The molecule has 92 valence electrons. The van der Waals surface area contributed by atoms with Gasteiger partial charge in [-0.1, -0.05) is 13.8 Å². The van der Waals surface area contributed by atoms with E-state index < -0.39 is 0 Å². The summed E-state index contributed by atoms with van der Waals surface area (Å²) < 4.78 is 5.02. The summed E-state index contributed by atoms with van der Waals surface area (Å²) >= 11 is 1.71. The van der Waals surface area contributed by atoms with Crippen molar-refractivity contribution in [3.63, 3.8) is 0 Å². The highest BCUT2D eigenvalue weighted by Gasteiger charge is 2.11. The van der Waals surface area contributed by atoms with Crippen LogP contribution in [0.1, 0.15) is 43.4 Å². The average Bonchev–Trinajstić information content (AvgIpc) is 2.66. The zero-order chi connectivity index (χ0) is 12.0. The summed E-state index contributed by atoms with van der Waals surface area (Å²) in [4.78, 5) is 4.57. The van der Waals surface area contributed by atoms with E-state index in [1.807, 2.05) is 0 Å². The number of nitrogens with zero attached hydrogens (tertiary/aromatic N) is 1. The summed E-state index contributed by atoms with van der Waals surface area (Å²) in [5.41, 5.74) is 7.13. The first-order chi connectivity index (χ1) is 7.63. The molecule has 0 saturated carbocycles. The lowest BCUT2D eigenvalue weighted by Gasteiger charge is -2.10. The zero-order valence-corrected chi connectivity index (χ0v) is 11.2. The van der Waals surface area contributed by atoms with Crippen molar-refractivity contribution in [1.29, 1.82) is 0 Å². The van der Waals surface area contributed by atoms with Gasteiger partial charge >= 0.3 is 0 Å². The monoisotopic (exact) mass is 242 g/mol. The zero-order valence-electron chi connectivity index (χ0n) is 10.4. The molecule has 4 heteroatoms. The molecule has 1 heterocycles. The summed E-state index contributed by atoms with van der Waals surface area (Å²) in [6, 6.07) is 0.0902. The minimum Gasteiger partial charge on any atom is -0.385 e.